The Morgan fingerprint density at radius 1 is 0.309 bits per heavy atom. The average molecular weight is 895 g/mol. The summed E-state index contributed by atoms with van der Waals surface area (Å²) in [6.07, 6.45) is 32.6. The Labute approximate surface area is 364 Å². The lowest BCUT2D eigenvalue weighted by atomic mass is 10.1. The SMILES string of the molecule is CCCCCC[N+](CCCCCC)(CCCCCC)Cc1ccc(Oc2ccc(C[N+](CCCCCC)(CCCCCC)CCCCCC)cc2)cc1.[Br-].[Br-]. The average Bonchev–Trinajstić information content (AvgIpc) is 3.17. The van der Waals surface area contributed by atoms with Gasteiger partial charge in [0.1, 0.15) is 24.6 Å². The standard InChI is InChI=1S/C50H90N2O.2BrH/c1-7-13-19-25-39-51(40-26-20-14-8-2,41-27-21-15-9-3)45-47-31-35-49(36-32-47)53-50-37-33-48(34-38-50)46-52(42-28-22-16-10-4,43-29-23-17-11-5)44-30-24-18-12-6;;/h31-38H,7-30,39-46H2,1-6H3;2*1H/q+2;;/p-2. The highest BCUT2D eigenvalue weighted by Gasteiger charge is 2.28. The molecule has 0 N–H and O–H groups in total. The summed E-state index contributed by atoms with van der Waals surface area (Å²) in [5, 5.41) is 0. The quantitative estimate of drug-likeness (QED) is 0.0490. The highest BCUT2D eigenvalue weighted by Crippen LogP contribution is 2.28. The van der Waals surface area contributed by atoms with Gasteiger partial charge in [0.25, 0.3) is 0 Å². The number of quaternary nitrogens is 2. The number of halogens is 2. The van der Waals surface area contributed by atoms with Gasteiger partial charge in [-0.3, -0.25) is 0 Å². The zero-order valence-corrected chi connectivity index (χ0v) is 40.5. The molecule has 0 spiro atoms. The maximum absolute atomic E-state index is 6.49. The first-order valence-electron chi connectivity index (χ1n) is 23.5. The van der Waals surface area contributed by atoms with Crippen LogP contribution in [0.5, 0.6) is 11.5 Å². The fraction of sp³-hybridized carbons (Fsp3) is 0.760. The summed E-state index contributed by atoms with van der Waals surface area (Å²) in [5.41, 5.74) is 2.94. The molecule has 0 aromatic heterocycles. The van der Waals surface area contributed by atoms with Crippen LogP contribution in [-0.2, 0) is 13.1 Å². The summed E-state index contributed by atoms with van der Waals surface area (Å²) in [6, 6.07) is 18.4. The molecular weight excluding hydrogens is 804 g/mol. The topological polar surface area (TPSA) is 9.23 Å². The minimum atomic E-state index is 0. The lowest BCUT2D eigenvalue weighted by Gasteiger charge is -2.39. The molecule has 3 nitrogen and oxygen atoms in total. The number of nitrogens with zero attached hydrogens (tertiary/aromatic N) is 2. The van der Waals surface area contributed by atoms with Gasteiger partial charge in [-0.15, -0.1) is 0 Å². The molecule has 2 aromatic carbocycles. The number of benzene rings is 2. The first-order chi connectivity index (χ1) is 26.0. The summed E-state index contributed by atoms with van der Waals surface area (Å²) < 4.78 is 9.03. The van der Waals surface area contributed by atoms with Crippen molar-refractivity contribution < 1.29 is 47.7 Å². The van der Waals surface area contributed by atoms with E-state index < -0.39 is 0 Å². The van der Waals surface area contributed by atoms with Gasteiger partial charge in [-0.05, 0) is 126 Å². The van der Waals surface area contributed by atoms with Gasteiger partial charge in [-0.1, -0.05) is 119 Å². The Morgan fingerprint density at radius 3 is 0.727 bits per heavy atom. The summed E-state index contributed by atoms with van der Waals surface area (Å²) in [6.45, 7) is 24.3. The molecule has 0 aliphatic rings. The van der Waals surface area contributed by atoms with E-state index >= 15 is 0 Å². The molecule has 0 saturated carbocycles. The van der Waals surface area contributed by atoms with Crippen LogP contribution >= 0.6 is 0 Å². The number of unbranched alkanes of at least 4 members (excludes halogenated alkanes) is 18. The molecule has 2 aromatic rings. The summed E-state index contributed by atoms with van der Waals surface area (Å²) in [7, 11) is 0. The van der Waals surface area contributed by atoms with Crippen molar-refractivity contribution in [3.05, 3.63) is 59.7 Å². The molecule has 0 aliphatic heterocycles. The van der Waals surface area contributed by atoms with Gasteiger partial charge >= 0.3 is 0 Å². The van der Waals surface area contributed by atoms with Crippen molar-refractivity contribution in [1.82, 2.24) is 0 Å². The van der Waals surface area contributed by atoms with E-state index in [2.05, 4.69) is 90.1 Å². The van der Waals surface area contributed by atoms with Gasteiger partial charge < -0.3 is 47.7 Å². The predicted molar refractivity (Wildman–Crippen MR) is 235 cm³/mol. The maximum Gasteiger partial charge on any atom is 0.127 e. The lowest BCUT2D eigenvalue weighted by molar-refractivity contribution is -0.941. The number of hydrogen-bond acceptors (Lipinski definition) is 1. The Bertz CT molecular complexity index is 956. The second-order valence-corrected chi connectivity index (χ2v) is 17.1. The van der Waals surface area contributed by atoms with Gasteiger partial charge in [-0.2, -0.15) is 0 Å². The Morgan fingerprint density at radius 2 is 0.527 bits per heavy atom. The van der Waals surface area contributed by atoms with Crippen LogP contribution in [0.2, 0.25) is 0 Å². The van der Waals surface area contributed by atoms with Gasteiger partial charge in [0.05, 0.1) is 39.3 Å². The van der Waals surface area contributed by atoms with E-state index in [4.69, 9.17) is 4.74 Å². The number of hydrogen-bond donors (Lipinski definition) is 0. The highest BCUT2D eigenvalue weighted by atomic mass is 79.9. The second-order valence-electron chi connectivity index (χ2n) is 17.1. The van der Waals surface area contributed by atoms with Crippen molar-refractivity contribution in [3.63, 3.8) is 0 Å². The second kappa shape index (κ2) is 35.1. The third-order valence-electron chi connectivity index (χ3n) is 12.0. The van der Waals surface area contributed by atoms with Crippen molar-refractivity contribution in [2.75, 3.05) is 39.3 Å². The van der Waals surface area contributed by atoms with E-state index in [0.717, 1.165) is 24.6 Å². The third kappa shape index (κ3) is 24.6. The van der Waals surface area contributed by atoms with Gasteiger partial charge in [0.2, 0.25) is 0 Å². The largest absolute Gasteiger partial charge is 1.00 e. The van der Waals surface area contributed by atoms with E-state index in [-0.39, 0.29) is 34.0 Å². The van der Waals surface area contributed by atoms with Crippen LogP contribution in [0.25, 0.3) is 0 Å². The zero-order valence-electron chi connectivity index (χ0n) is 37.3. The maximum atomic E-state index is 6.49. The fourth-order valence-electron chi connectivity index (χ4n) is 8.63. The molecule has 0 aliphatic carbocycles. The molecule has 2 rings (SSSR count). The Hall–Kier alpha value is -0.880. The molecular formula is C50H90Br2N2O. The first kappa shape index (κ1) is 54.1. The van der Waals surface area contributed by atoms with Crippen molar-refractivity contribution in [1.29, 1.82) is 0 Å². The molecule has 320 valence electrons. The predicted octanol–water partition coefficient (Wildman–Crippen LogP) is 9.60. The van der Waals surface area contributed by atoms with Crippen molar-refractivity contribution in [3.8, 4) is 11.5 Å². The normalized spacial score (nSPS) is 11.7. The van der Waals surface area contributed by atoms with E-state index in [1.54, 1.807) is 0 Å². The first-order valence-corrected chi connectivity index (χ1v) is 23.5. The summed E-state index contributed by atoms with van der Waals surface area (Å²) in [4.78, 5) is 0. The Kier molecular flexibility index (Phi) is 34.5. The third-order valence-corrected chi connectivity index (χ3v) is 12.0. The van der Waals surface area contributed by atoms with Crippen LogP contribution in [-0.4, -0.2) is 48.2 Å². The van der Waals surface area contributed by atoms with Gasteiger partial charge in [0, 0.05) is 11.1 Å². The van der Waals surface area contributed by atoms with Gasteiger partial charge in [0.15, 0.2) is 0 Å². The van der Waals surface area contributed by atoms with E-state index in [9.17, 15) is 0 Å². The van der Waals surface area contributed by atoms with Crippen LogP contribution in [0.3, 0.4) is 0 Å². The van der Waals surface area contributed by atoms with Crippen molar-refractivity contribution in [2.24, 2.45) is 0 Å². The van der Waals surface area contributed by atoms with E-state index in [1.807, 2.05) is 0 Å². The summed E-state index contributed by atoms with van der Waals surface area (Å²) >= 11 is 0. The number of ether oxygens (including phenoxy) is 1. The van der Waals surface area contributed by atoms with Crippen molar-refractivity contribution in [2.45, 2.75) is 209 Å². The van der Waals surface area contributed by atoms with Crippen molar-refractivity contribution >= 4 is 0 Å². The molecule has 0 unspecified atom stereocenters. The molecule has 5 heteroatoms. The minimum absolute atomic E-state index is 0. The smallest absolute Gasteiger partial charge is 0.127 e. The van der Waals surface area contributed by atoms with Crippen LogP contribution in [0.4, 0.5) is 0 Å². The molecule has 0 radical (unpaired) electrons. The molecule has 0 fully saturated rings. The molecule has 0 amide bonds. The molecule has 0 bridgehead atoms. The number of rotatable bonds is 36. The highest BCUT2D eigenvalue weighted by molar-refractivity contribution is 5.34. The zero-order chi connectivity index (χ0) is 38.3. The minimum Gasteiger partial charge on any atom is -1.00 e. The summed E-state index contributed by atoms with van der Waals surface area (Å²) in [5.74, 6) is 1.92. The Balaban J connectivity index is 0.0000146. The van der Waals surface area contributed by atoms with Crippen LogP contribution in [0.1, 0.15) is 207 Å². The van der Waals surface area contributed by atoms with Crippen LogP contribution < -0.4 is 38.7 Å². The van der Waals surface area contributed by atoms with E-state index in [1.165, 1.54) is 213 Å². The molecule has 55 heavy (non-hydrogen) atoms. The molecule has 0 heterocycles. The monoisotopic (exact) mass is 893 g/mol. The lowest BCUT2D eigenvalue weighted by Crippen LogP contribution is -3.00. The van der Waals surface area contributed by atoms with E-state index in [0.29, 0.717) is 0 Å². The molecule has 0 atom stereocenters. The fourth-order valence-corrected chi connectivity index (χ4v) is 8.63. The van der Waals surface area contributed by atoms with Crippen LogP contribution in [0.15, 0.2) is 48.5 Å². The van der Waals surface area contributed by atoms with Gasteiger partial charge in [-0.25, -0.2) is 0 Å². The molecule has 0 saturated heterocycles. The van der Waals surface area contributed by atoms with Crippen LogP contribution in [0, 0.1) is 0 Å².